The number of nitrogens with one attached hydrogen (secondary N) is 1. The van der Waals surface area contributed by atoms with Crippen LogP contribution in [0.15, 0.2) is 11.3 Å². The molecule has 0 bridgehead atoms. The Balaban J connectivity index is 1.85. The lowest BCUT2D eigenvalue weighted by Crippen LogP contribution is -2.30. The largest absolute Gasteiger partial charge is 0.396 e. The number of hydrogen-bond donors (Lipinski definition) is 5. The maximum absolute atomic E-state index is 9.74. The van der Waals surface area contributed by atoms with Crippen molar-refractivity contribution in [3.8, 4) is 0 Å². The fourth-order valence-electron chi connectivity index (χ4n) is 2.66. The molecule has 104 valence electrons. The molecule has 1 aliphatic carbocycles. The number of guanidine groups is 1. The topological polar surface area (TPSA) is 129 Å². The second-order valence-corrected chi connectivity index (χ2v) is 5.22. The van der Waals surface area contributed by atoms with E-state index in [4.69, 9.17) is 5.73 Å². The first kappa shape index (κ1) is 12.4. The molecule has 0 radical (unpaired) electrons. The molecule has 1 aliphatic heterocycles. The highest BCUT2D eigenvalue weighted by Crippen LogP contribution is 2.53. The summed E-state index contributed by atoms with van der Waals surface area (Å²) in [4.78, 5) is 7.89. The van der Waals surface area contributed by atoms with Gasteiger partial charge in [0.1, 0.15) is 11.5 Å². The van der Waals surface area contributed by atoms with E-state index in [0.717, 1.165) is 6.42 Å². The second-order valence-electron chi connectivity index (χ2n) is 5.22. The van der Waals surface area contributed by atoms with Crippen LogP contribution < -0.4 is 11.1 Å². The molecule has 0 amide bonds. The Morgan fingerprint density at radius 3 is 2.95 bits per heavy atom. The Morgan fingerprint density at radius 1 is 1.53 bits per heavy atom. The Hall–Kier alpha value is -1.64. The van der Waals surface area contributed by atoms with Gasteiger partial charge >= 0.3 is 0 Å². The van der Waals surface area contributed by atoms with E-state index in [0.29, 0.717) is 18.1 Å². The molecule has 19 heavy (non-hydrogen) atoms. The highest BCUT2D eigenvalue weighted by molar-refractivity contribution is 5.93. The third-order valence-electron chi connectivity index (χ3n) is 4.00. The maximum atomic E-state index is 9.74. The quantitative estimate of drug-likeness (QED) is 0.456. The number of hydrogen-bond acceptors (Lipinski definition) is 7. The second kappa shape index (κ2) is 4.19. The summed E-state index contributed by atoms with van der Waals surface area (Å²) in [5.74, 6) is 0.834. The van der Waals surface area contributed by atoms with E-state index >= 15 is 0 Å². The van der Waals surface area contributed by atoms with E-state index < -0.39 is 6.23 Å². The number of nitrogens with two attached hydrogens (primary N) is 1. The van der Waals surface area contributed by atoms with Crippen molar-refractivity contribution in [2.75, 3.05) is 18.5 Å². The molecule has 8 heteroatoms. The van der Waals surface area contributed by atoms with Crippen LogP contribution in [0.2, 0.25) is 0 Å². The molecule has 1 saturated carbocycles. The molecule has 6 N–H and O–H groups in total. The lowest BCUT2D eigenvalue weighted by atomic mass is 10.1. The van der Waals surface area contributed by atoms with E-state index in [-0.39, 0.29) is 30.5 Å². The molecular weight excluding hydrogens is 250 g/mol. The summed E-state index contributed by atoms with van der Waals surface area (Å²) in [5, 5.41) is 31.3. The van der Waals surface area contributed by atoms with Crippen LogP contribution in [0.1, 0.15) is 18.3 Å². The lowest BCUT2D eigenvalue weighted by molar-refractivity contribution is 0.158. The van der Waals surface area contributed by atoms with E-state index in [2.05, 4.69) is 15.3 Å². The van der Waals surface area contributed by atoms with Crippen LogP contribution in [-0.4, -0.2) is 44.0 Å². The summed E-state index contributed by atoms with van der Waals surface area (Å²) in [7, 11) is 0. The monoisotopic (exact) mass is 267 g/mol. The lowest BCUT2D eigenvalue weighted by Gasteiger charge is -2.20. The molecule has 8 nitrogen and oxygen atoms in total. The van der Waals surface area contributed by atoms with Crippen molar-refractivity contribution < 1.29 is 15.3 Å². The van der Waals surface area contributed by atoms with Gasteiger partial charge in [-0.2, -0.15) is 0 Å². The molecule has 0 aromatic carbocycles. The number of nitrogens with zero attached hydrogens (tertiary/aromatic N) is 3. The third-order valence-corrected chi connectivity index (χ3v) is 4.00. The fraction of sp³-hybridized carbons (Fsp3) is 0.636. The number of fused-ring (bicyclic) bond motifs is 1. The zero-order chi connectivity index (χ0) is 13.6. The molecule has 3 unspecified atom stereocenters. The molecule has 1 aromatic heterocycles. The van der Waals surface area contributed by atoms with Crippen LogP contribution in [0.5, 0.6) is 0 Å². The number of rotatable bonds is 4. The number of aromatic nitrogens is 2. The van der Waals surface area contributed by atoms with Crippen LogP contribution in [0.3, 0.4) is 0 Å². The van der Waals surface area contributed by atoms with Gasteiger partial charge in [0.15, 0.2) is 12.2 Å². The zero-order valence-electron chi connectivity index (χ0n) is 10.3. The first-order valence-electron chi connectivity index (χ1n) is 6.15. The van der Waals surface area contributed by atoms with E-state index in [1.165, 1.54) is 0 Å². The van der Waals surface area contributed by atoms with Crippen molar-refractivity contribution in [3.05, 3.63) is 12.0 Å². The number of anilines is 1. The van der Waals surface area contributed by atoms with Crippen molar-refractivity contribution in [1.29, 1.82) is 0 Å². The number of aliphatic imine (C=N–C) groups is 1. The first-order chi connectivity index (χ1) is 9.09. The van der Waals surface area contributed by atoms with E-state index in [1.807, 2.05) is 0 Å². The van der Waals surface area contributed by atoms with Crippen molar-refractivity contribution in [1.82, 2.24) is 9.55 Å². The average Bonchev–Trinajstić information content (AvgIpc) is 2.95. The van der Waals surface area contributed by atoms with Crippen molar-refractivity contribution >= 4 is 11.8 Å². The first-order valence-corrected chi connectivity index (χ1v) is 6.15. The normalized spacial score (nSPS) is 32.5. The van der Waals surface area contributed by atoms with Gasteiger partial charge in [-0.25, -0.2) is 9.98 Å². The number of imidazole rings is 1. The summed E-state index contributed by atoms with van der Waals surface area (Å²) < 4.78 is 1.80. The van der Waals surface area contributed by atoms with Crippen LogP contribution in [0.25, 0.3) is 0 Å². The van der Waals surface area contributed by atoms with Crippen molar-refractivity contribution in [3.63, 3.8) is 0 Å². The average molecular weight is 267 g/mol. The molecule has 0 saturated heterocycles. The number of aliphatic hydroxyl groups excluding tert-OH is 3. The predicted octanol–water partition coefficient (Wildman–Crippen LogP) is -1.39. The molecule has 3 rings (SSSR count). The maximum Gasteiger partial charge on any atom is 0.197 e. The minimum Gasteiger partial charge on any atom is -0.396 e. The summed E-state index contributed by atoms with van der Waals surface area (Å²) >= 11 is 0. The molecule has 2 aliphatic rings. The molecule has 0 spiro atoms. The van der Waals surface area contributed by atoms with E-state index in [9.17, 15) is 15.3 Å². The van der Waals surface area contributed by atoms with Gasteiger partial charge < -0.3 is 30.9 Å². The highest BCUT2D eigenvalue weighted by Gasteiger charge is 2.53. The Morgan fingerprint density at radius 2 is 2.32 bits per heavy atom. The molecule has 2 heterocycles. The summed E-state index contributed by atoms with van der Waals surface area (Å²) in [6, 6.07) is 0. The molecule has 1 aromatic rings. The summed E-state index contributed by atoms with van der Waals surface area (Å²) in [6.45, 7) is 0.596. The molecular formula is C11H17N5O3. The Bertz CT molecular complexity index is 528. The Labute approximate surface area is 109 Å². The van der Waals surface area contributed by atoms with Gasteiger partial charge in [-0.1, -0.05) is 0 Å². The Kier molecular flexibility index (Phi) is 2.73. The fourth-order valence-corrected chi connectivity index (χ4v) is 2.66. The highest BCUT2D eigenvalue weighted by atomic mass is 16.3. The summed E-state index contributed by atoms with van der Waals surface area (Å²) in [5.41, 5.74) is 5.70. The van der Waals surface area contributed by atoms with Gasteiger partial charge in [-0.15, -0.1) is 0 Å². The van der Waals surface area contributed by atoms with Crippen LogP contribution in [0, 0.1) is 11.3 Å². The van der Waals surface area contributed by atoms with Gasteiger partial charge in [0.2, 0.25) is 0 Å². The van der Waals surface area contributed by atoms with Crippen molar-refractivity contribution in [2.24, 2.45) is 22.1 Å². The van der Waals surface area contributed by atoms with Gasteiger partial charge in [0, 0.05) is 18.6 Å². The van der Waals surface area contributed by atoms with Gasteiger partial charge in [-0.3, -0.25) is 0 Å². The molecule has 3 atom stereocenters. The van der Waals surface area contributed by atoms with Gasteiger partial charge in [0.25, 0.3) is 0 Å². The third kappa shape index (κ3) is 1.88. The standard InChI is InChI=1S/C11H17N5O3/c12-10-14-8-7(9(19)15-10)13-5-16(8)3-11(4-18)1-6(11)2-17/h5-6,9,17-19H,1-4H2,(H3,12,14,15). The predicted molar refractivity (Wildman–Crippen MR) is 67.1 cm³/mol. The molecule has 1 fully saturated rings. The van der Waals surface area contributed by atoms with E-state index in [1.54, 1.807) is 10.9 Å². The van der Waals surface area contributed by atoms with Gasteiger partial charge in [-0.05, 0) is 12.3 Å². The van der Waals surface area contributed by atoms with Crippen molar-refractivity contribution in [2.45, 2.75) is 19.2 Å². The summed E-state index contributed by atoms with van der Waals surface area (Å²) in [6.07, 6.45) is 1.30. The van der Waals surface area contributed by atoms with Crippen LogP contribution >= 0.6 is 0 Å². The van der Waals surface area contributed by atoms with Crippen LogP contribution in [-0.2, 0) is 6.54 Å². The van der Waals surface area contributed by atoms with Crippen LogP contribution in [0.4, 0.5) is 5.82 Å². The smallest absolute Gasteiger partial charge is 0.197 e. The van der Waals surface area contributed by atoms with Gasteiger partial charge in [0.05, 0.1) is 12.9 Å². The SMILES string of the molecule is NC1=NC(O)c2ncn(CC3(CO)CC3CO)c2N1. The number of aliphatic hydroxyl groups is 3. The zero-order valence-corrected chi connectivity index (χ0v) is 10.3. The minimum absolute atomic E-state index is 0.0112. The minimum atomic E-state index is -1.06.